The number of carbonyl (C=O) groups excluding carboxylic acids is 4. The van der Waals surface area contributed by atoms with Crippen LogP contribution in [0.1, 0.15) is 124 Å². The van der Waals surface area contributed by atoms with Crippen molar-refractivity contribution in [2.75, 3.05) is 13.2 Å². The molecule has 1 amide bonds. The fourth-order valence-corrected chi connectivity index (χ4v) is 5.17. The predicted molar refractivity (Wildman–Crippen MR) is 182 cm³/mol. The highest BCUT2D eigenvalue weighted by atomic mass is 16.6. The van der Waals surface area contributed by atoms with Gasteiger partial charge in [-0.25, -0.2) is 9.59 Å². The molecule has 0 bridgehead atoms. The van der Waals surface area contributed by atoms with E-state index in [1.165, 1.54) is 37.5 Å². The average molecular weight is 662 g/mol. The van der Waals surface area contributed by atoms with Gasteiger partial charge in [-0.2, -0.15) is 0 Å². The quantitative estimate of drug-likeness (QED) is 0.0603. The largest absolute Gasteiger partial charge is 0.508 e. The summed E-state index contributed by atoms with van der Waals surface area (Å²) >= 11 is 0. The lowest BCUT2D eigenvalue weighted by Crippen LogP contribution is -2.56. The molecule has 1 aromatic carbocycles. The third kappa shape index (κ3) is 16.9. The van der Waals surface area contributed by atoms with Crippen LogP contribution in [0, 0.1) is 5.92 Å². The lowest BCUT2D eigenvalue weighted by Gasteiger charge is -2.34. The van der Waals surface area contributed by atoms with Gasteiger partial charge in [0.05, 0.1) is 12.5 Å². The summed E-state index contributed by atoms with van der Waals surface area (Å²) in [6.07, 6.45) is 13.5. The van der Waals surface area contributed by atoms with Crippen LogP contribution in [0.4, 0.5) is 0 Å². The van der Waals surface area contributed by atoms with E-state index < -0.39 is 54.0 Å². The molecule has 47 heavy (non-hydrogen) atoms. The van der Waals surface area contributed by atoms with Gasteiger partial charge in [-0.05, 0) is 71.1 Å². The highest BCUT2D eigenvalue weighted by Crippen LogP contribution is 2.28. The topological polar surface area (TPSA) is 159 Å². The average Bonchev–Trinajstić information content (AvgIpc) is 3.00. The number of aliphatic hydroxyl groups is 2. The molecule has 1 aromatic rings. The molecular weight excluding hydrogens is 602 g/mol. The summed E-state index contributed by atoms with van der Waals surface area (Å²) in [6.45, 7) is 8.17. The summed E-state index contributed by atoms with van der Waals surface area (Å²) in [5.41, 5.74) is -2.76. The third-order valence-electron chi connectivity index (χ3n) is 7.77. The summed E-state index contributed by atoms with van der Waals surface area (Å²) in [5, 5.41) is 33.7. The molecule has 4 N–H and O–H groups in total. The number of hydrogen-bond acceptors (Lipinski definition) is 9. The van der Waals surface area contributed by atoms with Crippen molar-refractivity contribution in [3.8, 4) is 5.75 Å². The Hall–Kier alpha value is -3.24. The number of aromatic hydroxyl groups is 1. The number of rotatable bonds is 24. The van der Waals surface area contributed by atoms with E-state index in [0.717, 1.165) is 38.5 Å². The minimum atomic E-state index is -2.42. The number of benzene rings is 1. The number of allylic oxidation sites excluding steroid dienone is 1. The van der Waals surface area contributed by atoms with Crippen LogP contribution >= 0.6 is 0 Å². The molecule has 0 aromatic heterocycles. The first-order valence-electron chi connectivity index (χ1n) is 17.3. The maximum atomic E-state index is 13.8. The molecule has 0 saturated heterocycles. The van der Waals surface area contributed by atoms with Gasteiger partial charge in [0.25, 0.3) is 0 Å². The van der Waals surface area contributed by atoms with E-state index in [0.29, 0.717) is 30.6 Å². The van der Waals surface area contributed by atoms with Gasteiger partial charge < -0.3 is 30.1 Å². The smallest absolute Gasteiger partial charge is 0.339 e. The second kappa shape index (κ2) is 22.4. The standard InChI is InChI=1S/C37H59NO9/c1-6-8-9-12-15-18-29(40)19-16-13-10-11-14-17-20-31(37(45,25-26-39)35(44)47-36(3,4)5)33(42)38-32(34(43)46-7-2)27-28-21-23-30(41)24-22-28/h17,20-24,31-32,39,41,45H,6-16,18-19,25-27H2,1-5H3,(H,38,42)/b20-17+/t31-,32+,37+/m1/s1. The van der Waals surface area contributed by atoms with Gasteiger partial charge in [0.2, 0.25) is 5.91 Å². The number of amides is 1. The van der Waals surface area contributed by atoms with E-state index in [9.17, 15) is 34.5 Å². The van der Waals surface area contributed by atoms with Gasteiger partial charge in [0.1, 0.15) is 23.2 Å². The molecule has 0 radical (unpaired) electrons. The molecule has 0 saturated carbocycles. The van der Waals surface area contributed by atoms with Crippen LogP contribution in [0.5, 0.6) is 5.75 Å². The Morgan fingerprint density at radius 3 is 2.04 bits per heavy atom. The lowest BCUT2D eigenvalue weighted by molar-refractivity contribution is -0.185. The number of ether oxygens (including phenoxy) is 2. The zero-order chi connectivity index (χ0) is 35.3. The molecule has 0 spiro atoms. The van der Waals surface area contributed by atoms with Gasteiger partial charge in [-0.1, -0.05) is 69.7 Å². The van der Waals surface area contributed by atoms with Gasteiger partial charge in [-0.15, -0.1) is 0 Å². The number of carbonyl (C=O) groups is 4. The van der Waals surface area contributed by atoms with Crippen molar-refractivity contribution in [1.82, 2.24) is 5.32 Å². The van der Waals surface area contributed by atoms with Crippen molar-refractivity contribution < 1.29 is 44.0 Å². The van der Waals surface area contributed by atoms with Gasteiger partial charge >= 0.3 is 11.9 Å². The molecule has 10 nitrogen and oxygen atoms in total. The van der Waals surface area contributed by atoms with E-state index >= 15 is 0 Å². The summed E-state index contributed by atoms with van der Waals surface area (Å²) in [6, 6.07) is 4.98. The third-order valence-corrected chi connectivity index (χ3v) is 7.77. The van der Waals surface area contributed by atoms with E-state index in [-0.39, 0.29) is 18.8 Å². The van der Waals surface area contributed by atoms with Crippen LogP contribution in [0.3, 0.4) is 0 Å². The zero-order valence-electron chi connectivity index (χ0n) is 29.2. The van der Waals surface area contributed by atoms with Crippen molar-refractivity contribution in [3.63, 3.8) is 0 Å². The molecule has 0 heterocycles. The normalized spacial score (nSPS) is 14.3. The van der Waals surface area contributed by atoms with Crippen molar-refractivity contribution >= 4 is 23.6 Å². The summed E-state index contributed by atoms with van der Waals surface area (Å²) in [7, 11) is 0. The maximum absolute atomic E-state index is 13.8. The molecule has 266 valence electrons. The maximum Gasteiger partial charge on any atom is 0.339 e. The molecule has 0 unspecified atom stereocenters. The van der Waals surface area contributed by atoms with Crippen molar-refractivity contribution in [2.24, 2.45) is 5.92 Å². The number of phenols is 1. The van der Waals surface area contributed by atoms with Crippen LogP contribution in [-0.4, -0.2) is 69.4 Å². The minimum absolute atomic E-state index is 0.0352. The first kappa shape index (κ1) is 41.8. The van der Waals surface area contributed by atoms with Gasteiger partial charge in [-0.3, -0.25) is 9.59 Å². The molecule has 10 heteroatoms. The molecule has 0 aliphatic heterocycles. The Labute approximate surface area is 281 Å². The second-order valence-corrected chi connectivity index (χ2v) is 13.1. The Bertz CT molecular complexity index is 1110. The van der Waals surface area contributed by atoms with E-state index in [1.807, 2.05) is 0 Å². The number of ketones is 1. The van der Waals surface area contributed by atoms with E-state index in [1.54, 1.807) is 45.9 Å². The Morgan fingerprint density at radius 1 is 0.894 bits per heavy atom. The summed E-state index contributed by atoms with van der Waals surface area (Å²) < 4.78 is 10.6. The molecule has 0 fully saturated rings. The van der Waals surface area contributed by atoms with E-state index in [2.05, 4.69) is 12.2 Å². The highest BCUT2D eigenvalue weighted by molar-refractivity contribution is 5.93. The van der Waals surface area contributed by atoms with Crippen LogP contribution in [-0.2, 0) is 35.1 Å². The number of phenolic OH excluding ortho intramolecular Hbond substituents is 1. The fourth-order valence-electron chi connectivity index (χ4n) is 5.17. The SMILES string of the molecule is CCCCCCCC(=O)CCCCCC/C=C/[C@H](C(=O)N[C@@H](Cc1ccc(O)cc1)C(=O)OCC)[C@@](O)(CCO)C(=O)OC(C)(C)C. The predicted octanol–water partition coefficient (Wildman–Crippen LogP) is 5.88. The van der Waals surface area contributed by atoms with Gasteiger partial charge in [0.15, 0.2) is 5.60 Å². The minimum Gasteiger partial charge on any atom is -0.508 e. The zero-order valence-corrected chi connectivity index (χ0v) is 29.2. The highest BCUT2D eigenvalue weighted by Gasteiger charge is 2.49. The number of aliphatic hydroxyl groups excluding tert-OH is 1. The summed E-state index contributed by atoms with van der Waals surface area (Å²) in [4.78, 5) is 52.1. The Morgan fingerprint density at radius 2 is 1.49 bits per heavy atom. The lowest BCUT2D eigenvalue weighted by atomic mass is 9.82. The second-order valence-electron chi connectivity index (χ2n) is 13.1. The van der Waals surface area contributed by atoms with E-state index in [4.69, 9.17) is 9.47 Å². The molecule has 3 atom stereocenters. The first-order chi connectivity index (χ1) is 22.3. The first-order valence-corrected chi connectivity index (χ1v) is 17.3. The summed E-state index contributed by atoms with van der Waals surface area (Å²) in [5.74, 6) is -3.71. The molecule has 0 aliphatic carbocycles. The van der Waals surface area contributed by atoms with Gasteiger partial charge in [0, 0.05) is 32.3 Å². The number of hydrogen-bond donors (Lipinski definition) is 4. The fraction of sp³-hybridized carbons (Fsp3) is 0.676. The Kier molecular flexibility index (Phi) is 19.9. The van der Waals surface area contributed by atoms with Crippen molar-refractivity contribution in [1.29, 1.82) is 0 Å². The van der Waals surface area contributed by atoms with Crippen LogP contribution < -0.4 is 5.32 Å². The monoisotopic (exact) mass is 661 g/mol. The molecular formula is C37H59NO9. The molecule has 1 rings (SSSR count). The van der Waals surface area contributed by atoms with Crippen molar-refractivity contribution in [3.05, 3.63) is 42.0 Å². The van der Waals surface area contributed by atoms with Crippen LogP contribution in [0.2, 0.25) is 0 Å². The Balaban J connectivity index is 3.01. The number of nitrogens with one attached hydrogen (secondary N) is 1. The van der Waals surface area contributed by atoms with Crippen LogP contribution in [0.25, 0.3) is 0 Å². The number of unbranched alkanes of at least 4 members (excludes halogenated alkanes) is 8. The van der Waals surface area contributed by atoms with Crippen molar-refractivity contribution in [2.45, 2.75) is 142 Å². The van der Waals surface area contributed by atoms with Crippen LogP contribution in [0.15, 0.2) is 36.4 Å². The number of Topliss-reactive ketones (excluding diaryl/α,β-unsaturated/α-hetero) is 1. The molecule has 0 aliphatic rings. The number of esters is 2.